The van der Waals surface area contributed by atoms with Gasteiger partial charge in [-0.05, 0) is 63.4 Å². The molecule has 0 unspecified atom stereocenters. The lowest BCUT2D eigenvalue weighted by Crippen LogP contribution is -2.37. The minimum absolute atomic E-state index is 0. The Morgan fingerprint density at radius 2 is 1.83 bits per heavy atom. The molecular weight excluding hydrogens is 326 g/mol. The van der Waals surface area contributed by atoms with E-state index in [4.69, 9.17) is 9.47 Å². The second-order valence-corrected chi connectivity index (χ2v) is 6.07. The van der Waals surface area contributed by atoms with Crippen molar-refractivity contribution in [3.63, 3.8) is 0 Å². The van der Waals surface area contributed by atoms with Crippen LogP contribution in [0.25, 0.3) is 0 Å². The fourth-order valence-corrected chi connectivity index (χ4v) is 2.95. The first-order valence-corrected chi connectivity index (χ1v) is 8.83. The highest BCUT2D eigenvalue weighted by Crippen LogP contribution is 2.19. The Morgan fingerprint density at radius 3 is 2.42 bits per heavy atom. The number of carbonyl (C=O) groups excluding carboxylic acids is 1. The molecule has 0 spiro atoms. The number of halogens is 1. The van der Waals surface area contributed by atoms with Gasteiger partial charge in [0, 0.05) is 6.54 Å². The van der Waals surface area contributed by atoms with E-state index >= 15 is 0 Å². The van der Waals surface area contributed by atoms with Crippen molar-refractivity contribution in [3.05, 3.63) is 29.8 Å². The normalized spacial score (nSPS) is 15.6. The molecule has 0 aromatic heterocycles. The van der Waals surface area contributed by atoms with E-state index in [2.05, 4.69) is 24.0 Å². The molecule has 1 heterocycles. The first-order valence-electron chi connectivity index (χ1n) is 8.83. The van der Waals surface area contributed by atoms with E-state index in [1.807, 2.05) is 19.1 Å². The topological polar surface area (TPSA) is 38.8 Å². The molecule has 2 rings (SSSR count). The molecular formula is C19H30ClNO3. The molecule has 0 amide bonds. The number of rotatable bonds is 8. The fourth-order valence-electron chi connectivity index (χ4n) is 2.95. The van der Waals surface area contributed by atoms with Gasteiger partial charge >= 0.3 is 5.97 Å². The summed E-state index contributed by atoms with van der Waals surface area (Å²) in [7, 11) is 0. The van der Waals surface area contributed by atoms with Gasteiger partial charge in [0.05, 0.1) is 19.1 Å². The van der Waals surface area contributed by atoms with E-state index in [1.54, 1.807) is 0 Å². The molecule has 1 aliphatic rings. The smallest absolute Gasteiger partial charge is 0.309 e. The van der Waals surface area contributed by atoms with Crippen LogP contribution in [0.1, 0.15) is 38.7 Å². The molecule has 24 heavy (non-hydrogen) atoms. The Bertz CT molecular complexity index is 470. The summed E-state index contributed by atoms with van der Waals surface area (Å²) in [5.74, 6) is 1.02. The molecule has 4 nitrogen and oxygen atoms in total. The summed E-state index contributed by atoms with van der Waals surface area (Å²) >= 11 is 0. The average Bonchev–Trinajstić information content (AvgIpc) is 2.60. The standard InChI is InChI=1S/C19H29NO3.ClH/c1-3-16-6-8-18(9-7-16)23-15-5-12-20-13-10-17(11-14-20)19(21)22-4-2;/h6-9,17H,3-5,10-15H2,1-2H3;1H. The monoisotopic (exact) mass is 355 g/mol. The third kappa shape index (κ3) is 6.70. The summed E-state index contributed by atoms with van der Waals surface area (Å²) in [6.45, 7) is 8.23. The Hall–Kier alpha value is -1.26. The quantitative estimate of drug-likeness (QED) is 0.526. The van der Waals surface area contributed by atoms with E-state index < -0.39 is 0 Å². The van der Waals surface area contributed by atoms with E-state index in [1.165, 1.54) is 5.56 Å². The van der Waals surface area contributed by atoms with E-state index in [9.17, 15) is 4.79 Å². The summed E-state index contributed by atoms with van der Waals surface area (Å²) in [6, 6.07) is 8.33. The molecule has 5 heteroatoms. The zero-order valence-electron chi connectivity index (χ0n) is 14.8. The Labute approximate surface area is 151 Å². The number of nitrogens with zero attached hydrogens (tertiary/aromatic N) is 1. The number of carbonyl (C=O) groups is 1. The van der Waals surface area contributed by atoms with Crippen molar-refractivity contribution in [2.45, 2.75) is 39.5 Å². The van der Waals surface area contributed by atoms with E-state index in [0.29, 0.717) is 6.61 Å². The number of esters is 1. The third-order valence-corrected chi connectivity index (χ3v) is 4.43. The summed E-state index contributed by atoms with van der Waals surface area (Å²) in [6.07, 6.45) is 3.90. The predicted octanol–water partition coefficient (Wildman–Crippen LogP) is 3.71. The van der Waals surface area contributed by atoms with Crippen LogP contribution in [0, 0.1) is 5.92 Å². The van der Waals surface area contributed by atoms with Gasteiger partial charge in [-0.3, -0.25) is 4.79 Å². The van der Waals surface area contributed by atoms with Gasteiger partial charge in [-0.15, -0.1) is 12.4 Å². The van der Waals surface area contributed by atoms with Crippen molar-refractivity contribution in [1.82, 2.24) is 4.90 Å². The lowest BCUT2D eigenvalue weighted by Gasteiger charge is -2.30. The lowest BCUT2D eigenvalue weighted by molar-refractivity contribution is -0.149. The summed E-state index contributed by atoms with van der Waals surface area (Å²) in [4.78, 5) is 14.1. The van der Waals surface area contributed by atoms with E-state index in [0.717, 1.165) is 57.7 Å². The van der Waals surface area contributed by atoms with Crippen LogP contribution in [0.3, 0.4) is 0 Å². The van der Waals surface area contributed by atoms with Crippen LogP contribution in [-0.4, -0.2) is 43.7 Å². The van der Waals surface area contributed by atoms with Crippen LogP contribution < -0.4 is 4.74 Å². The van der Waals surface area contributed by atoms with Crippen molar-refractivity contribution in [2.24, 2.45) is 5.92 Å². The molecule has 1 aromatic carbocycles. The number of piperidine rings is 1. The second kappa shape index (κ2) is 11.3. The zero-order chi connectivity index (χ0) is 16.5. The van der Waals surface area contributed by atoms with Crippen LogP contribution in [0.4, 0.5) is 0 Å². The third-order valence-electron chi connectivity index (χ3n) is 4.43. The predicted molar refractivity (Wildman–Crippen MR) is 99.0 cm³/mol. The minimum atomic E-state index is -0.0222. The lowest BCUT2D eigenvalue weighted by atomic mass is 9.97. The zero-order valence-corrected chi connectivity index (χ0v) is 15.6. The van der Waals surface area contributed by atoms with Crippen LogP contribution in [0.5, 0.6) is 5.75 Å². The van der Waals surface area contributed by atoms with Crippen LogP contribution >= 0.6 is 12.4 Å². The minimum Gasteiger partial charge on any atom is -0.494 e. The van der Waals surface area contributed by atoms with Crippen molar-refractivity contribution < 1.29 is 14.3 Å². The second-order valence-electron chi connectivity index (χ2n) is 6.07. The van der Waals surface area contributed by atoms with Crippen molar-refractivity contribution in [3.8, 4) is 5.75 Å². The first kappa shape index (κ1) is 20.8. The van der Waals surface area contributed by atoms with E-state index in [-0.39, 0.29) is 24.3 Å². The van der Waals surface area contributed by atoms with Gasteiger partial charge < -0.3 is 14.4 Å². The molecule has 0 bridgehead atoms. The molecule has 0 radical (unpaired) electrons. The highest BCUT2D eigenvalue weighted by Gasteiger charge is 2.25. The van der Waals surface area contributed by atoms with Gasteiger partial charge in [-0.1, -0.05) is 19.1 Å². The van der Waals surface area contributed by atoms with Crippen molar-refractivity contribution in [2.75, 3.05) is 32.8 Å². The molecule has 1 saturated heterocycles. The molecule has 136 valence electrons. The highest BCUT2D eigenvalue weighted by molar-refractivity contribution is 5.85. The van der Waals surface area contributed by atoms with Gasteiger partial charge in [0.15, 0.2) is 0 Å². The Kier molecular flexibility index (Phi) is 9.80. The number of hydrogen-bond donors (Lipinski definition) is 0. The highest BCUT2D eigenvalue weighted by atomic mass is 35.5. The number of likely N-dealkylation sites (tertiary alicyclic amines) is 1. The maximum atomic E-state index is 11.7. The van der Waals surface area contributed by atoms with Gasteiger partial charge in [-0.25, -0.2) is 0 Å². The largest absolute Gasteiger partial charge is 0.494 e. The molecule has 1 aromatic rings. The molecule has 0 N–H and O–H groups in total. The van der Waals surface area contributed by atoms with Crippen LogP contribution in [0.2, 0.25) is 0 Å². The molecule has 0 aliphatic carbocycles. The summed E-state index contributed by atoms with van der Waals surface area (Å²) in [5.41, 5.74) is 1.34. The molecule has 0 saturated carbocycles. The van der Waals surface area contributed by atoms with Crippen molar-refractivity contribution >= 4 is 18.4 Å². The van der Waals surface area contributed by atoms with Crippen LogP contribution in [0.15, 0.2) is 24.3 Å². The maximum Gasteiger partial charge on any atom is 0.309 e. The summed E-state index contributed by atoms with van der Waals surface area (Å²) in [5, 5.41) is 0. The number of aryl methyl sites for hydroxylation is 1. The van der Waals surface area contributed by atoms with Gasteiger partial charge in [-0.2, -0.15) is 0 Å². The Balaban J connectivity index is 0.00000288. The first-order chi connectivity index (χ1) is 11.2. The maximum absolute atomic E-state index is 11.7. The van der Waals surface area contributed by atoms with Gasteiger partial charge in [0.25, 0.3) is 0 Å². The Morgan fingerprint density at radius 1 is 1.17 bits per heavy atom. The van der Waals surface area contributed by atoms with Gasteiger partial charge in [0.2, 0.25) is 0 Å². The number of benzene rings is 1. The summed E-state index contributed by atoms with van der Waals surface area (Å²) < 4.78 is 10.9. The average molecular weight is 356 g/mol. The van der Waals surface area contributed by atoms with Crippen LogP contribution in [-0.2, 0) is 16.0 Å². The number of hydrogen-bond acceptors (Lipinski definition) is 4. The molecule has 1 aliphatic heterocycles. The van der Waals surface area contributed by atoms with Crippen molar-refractivity contribution in [1.29, 1.82) is 0 Å². The molecule has 1 fully saturated rings. The van der Waals surface area contributed by atoms with Gasteiger partial charge in [0.1, 0.15) is 5.75 Å². The molecule has 0 atom stereocenters. The fraction of sp³-hybridized carbons (Fsp3) is 0.632. The SMILES string of the molecule is CCOC(=O)C1CCN(CCCOc2ccc(CC)cc2)CC1.Cl. The number of ether oxygens (including phenoxy) is 2.